The first-order valence-electron chi connectivity index (χ1n) is 7.50. The van der Waals surface area contributed by atoms with E-state index in [2.05, 4.69) is 4.98 Å². The molecule has 0 saturated carbocycles. The van der Waals surface area contributed by atoms with Gasteiger partial charge in [0.2, 0.25) is 5.91 Å². The average molecular weight is 316 g/mol. The highest BCUT2D eigenvalue weighted by molar-refractivity contribution is 7.09. The standard InChI is InChI=1S/C17H20N2O2S/c1-12-16(22-11-18-12)7-8-19(2)17(20)14-9-13-5-3-4-6-15(13)21-10-14/h3-6,11,14H,7-10H2,1-2H3/t14-/m1/s1. The van der Waals surface area contributed by atoms with Crippen molar-refractivity contribution in [3.05, 3.63) is 45.9 Å². The van der Waals surface area contributed by atoms with Gasteiger partial charge in [0, 0.05) is 24.9 Å². The number of thiazole rings is 1. The normalized spacial score (nSPS) is 16.7. The van der Waals surface area contributed by atoms with Crippen molar-refractivity contribution in [3.63, 3.8) is 0 Å². The van der Waals surface area contributed by atoms with Gasteiger partial charge in [-0.3, -0.25) is 4.79 Å². The van der Waals surface area contributed by atoms with Crippen molar-refractivity contribution in [1.29, 1.82) is 0 Å². The average Bonchev–Trinajstić information content (AvgIpc) is 2.96. The first kappa shape index (κ1) is 15.0. The van der Waals surface area contributed by atoms with Crippen LogP contribution in [-0.2, 0) is 17.6 Å². The predicted molar refractivity (Wildman–Crippen MR) is 87.3 cm³/mol. The Balaban J connectivity index is 1.58. The van der Waals surface area contributed by atoms with Gasteiger partial charge in [-0.25, -0.2) is 4.98 Å². The molecule has 1 atom stereocenters. The highest BCUT2D eigenvalue weighted by atomic mass is 32.1. The van der Waals surface area contributed by atoms with Gasteiger partial charge < -0.3 is 9.64 Å². The molecule has 0 aliphatic carbocycles. The van der Waals surface area contributed by atoms with E-state index >= 15 is 0 Å². The van der Waals surface area contributed by atoms with Gasteiger partial charge in [0.05, 0.1) is 17.1 Å². The molecule has 5 heteroatoms. The number of hydrogen-bond donors (Lipinski definition) is 0. The Kier molecular flexibility index (Phi) is 4.43. The van der Waals surface area contributed by atoms with Gasteiger partial charge in [-0.15, -0.1) is 11.3 Å². The summed E-state index contributed by atoms with van der Waals surface area (Å²) in [5.74, 6) is 0.994. The molecule has 1 aliphatic rings. The van der Waals surface area contributed by atoms with Crippen LogP contribution in [0.5, 0.6) is 5.75 Å². The zero-order chi connectivity index (χ0) is 15.5. The van der Waals surface area contributed by atoms with Crippen LogP contribution in [0.25, 0.3) is 0 Å². The number of carbonyl (C=O) groups is 1. The molecule has 0 radical (unpaired) electrons. The minimum absolute atomic E-state index is 0.0811. The summed E-state index contributed by atoms with van der Waals surface area (Å²) in [6.07, 6.45) is 1.63. The third kappa shape index (κ3) is 3.14. The number of para-hydroxylation sites is 1. The quantitative estimate of drug-likeness (QED) is 0.871. The number of likely N-dealkylation sites (N-methyl/N-ethyl adjacent to an activating group) is 1. The van der Waals surface area contributed by atoms with E-state index in [4.69, 9.17) is 4.74 Å². The number of carbonyl (C=O) groups excluding carboxylic acids is 1. The molecular formula is C17H20N2O2S. The third-order valence-electron chi connectivity index (χ3n) is 4.12. The van der Waals surface area contributed by atoms with Crippen molar-refractivity contribution in [1.82, 2.24) is 9.88 Å². The van der Waals surface area contributed by atoms with Gasteiger partial charge >= 0.3 is 0 Å². The first-order valence-corrected chi connectivity index (χ1v) is 8.37. The van der Waals surface area contributed by atoms with Gasteiger partial charge in [0.15, 0.2) is 0 Å². The number of ether oxygens (including phenoxy) is 1. The molecule has 0 fully saturated rings. The summed E-state index contributed by atoms with van der Waals surface area (Å²) in [5, 5.41) is 0. The zero-order valence-electron chi connectivity index (χ0n) is 12.9. The van der Waals surface area contributed by atoms with E-state index in [0.29, 0.717) is 6.61 Å². The highest BCUT2D eigenvalue weighted by Crippen LogP contribution is 2.27. The van der Waals surface area contributed by atoms with Gasteiger partial charge in [-0.05, 0) is 25.0 Å². The SMILES string of the molecule is Cc1ncsc1CCN(C)C(=O)[C@H]1COc2ccccc2C1. The molecule has 0 spiro atoms. The van der Waals surface area contributed by atoms with Crippen LogP contribution in [0, 0.1) is 12.8 Å². The van der Waals surface area contributed by atoms with Crippen LogP contribution in [0.1, 0.15) is 16.1 Å². The van der Waals surface area contributed by atoms with Gasteiger partial charge in [-0.1, -0.05) is 18.2 Å². The maximum absolute atomic E-state index is 12.6. The van der Waals surface area contributed by atoms with Crippen molar-refractivity contribution in [3.8, 4) is 5.75 Å². The second-order valence-electron chi connectivity index (χ2n) is 5.69. The molecule has 0 N–H and O–H groups in total. The van der Waals surface area contributed by atoms with Gasteiger partial charge in [0.25, 0.3) is 0 Å². The lowest BCUT2D eigenvalue weighted by molar-refractivity contribution is -0.135. The van der Waals surface area contributed by atoms with E-state index in [1.807, 2.05) is 48.6 Å². The summed E-state index contributed by atoms with van der Waals surface area (Å²) in [7, 11) is 1.87. The van der Waals surface area contributed by atoms with Crippen molar-refractivity contribution < 1.29 is 9.53 Å². The van der Waals surface area contributed by atoms with E-state index in [-0.39, 0.29) is 11.8 Å². The monoisotopic (exact) mass is 316 g/mol. The molecule has 22 heavy (non-hydrogen) atoms. The fourth-order valence-corrected chi connectivity index (χ4v) is 3.51. The topological polar surface area (TPSA) is 42.4 Å². The fraction of sp³-hybridized carbons (Fsp3) is 0.412. The van der Waals surface area contributed by atoms with E-state index < -0.39 is 0 Å². The summed E-state index contributed by atoms with van der Waals surface area (Å²) in [6.45, 7) is 3.21. The van der Waals surface area contributed by atoms with Crippen LogP contribution < -0.4 is 4.74 Å². The maximum atomic E-state index is 12.6. The van der Waals surface area contributed by atoms with E-state index in [0.717, 1.165) is 36.4 Å². The smallest absolute Gasteiger partial charge is 0.229 e. The summed E-state index contributed by atoms with van der Waals surface area (Å²) in [5.41, 5.74) is 4.05. The minimum Gasteiger partial charge on any atom is -0.492 e. The highest BCUT2D eigenvalue weighted by Gasteiger charge is 2.27. The summed E-state index contributed by atoms with van der Waals surface area (Å²) in [6, 6.07) is 7.96. The second kappa shape index (κ2) is 6.48. The molecule has 0 bridgehead atoms. The van der Waals surface area contributed by atoms with Crippen LogP contribution in [0.3, 0.4) is 0 Å². The van der Waals surface area contributed by atoms with Crippen LogP contribution in [0.4, 0.5) is 0 Å². The van der Waals surface area contributed by atoms with Crippen LogP contribution >= 0.6 is 11.3 Å². The number of aryl methyl sites for hydroxylation is 1. The van der Waals surface area contributed by atoms with E-state index in [1.165, 1.54) is 4.88 Å². The first-order chi connectivity index (χ1) is 10.6. The minimum atomic E-state index is -0.0811. The Bertz CT molecular complexity index is 668. The Morgan fingerprint density at radius 1 is 1.45 bits per heavy atom. The largest absolute Gasteiger partial charge is 0.492 e. The Morgan fingerprint density at radius 3 is 3.05 bits per heavy atom. The van der Waals surface area contributed by atoms with E-state index in [1.54, 1.807) is 11.3 Å². The molecular weight excluding hydrogens is 296 g/mol. The number of fused-ring (bicyclic) bond motifs is 1. The zero-order valence-corrected chi connectivity index (χ0v) is 13.7. The molecule has 0 saturated heterocycles. The summed E-state index contributed by atoms with van der Waals surface area (Å²) in [4.78, 5) is 19.9. The van der Waals surface area contributed by atoms with E-state index in [9.17, 15) is 4.79 Å². The number of nitrogens with zero attached hydrogens (tertiary/aromatic N) is 2. The third-order valence-corrected chi connectivity index (χ3v) is 5.12. The lowest BCUT2D eigenvalue weighted by atomic mass is 9.95. The molecule has 1 aromatic carbocycles. The predicted octanol–water partition coefficient (Wildman–Crippen LogP) is 2.70. The molecule has 2 heterocycles. The van der Waals surface area contributed by atoms with Crippen molar-refractivity contribution in [2.75, 3.05) is 20.2 Å². The molecule has 1 aromatic heterocycles. The van der Waals surface area contributed by atoms with Crippen LogP contribution in [-0.4, -0.2) is 36.0 Å². The van der Waals surface area contributed by atoms with Crippen LogP contribution in [0.15, 0.2) is 29.8 Å². The summed E-state index contributed by atoms with van der Waals surface area (Å²) < 4.78 is 5.72. The molecule has 4 nitrogen and oxygen atoms in total. The number of benzene rings is 1. The summed E-state index contributed by atoms with van der Waals surface area (Å²) >= 11 is 1.66. The fourth-order valence-electron chi connectivity index (χ4n) is 2.74. The number of rotatable bonds is 4. The molecule has 2 aromatic rings. The Morgan fingerprint density at radius 2 is 2.27 bits per heavy atom. The molecule has 3 rings (SSSR count). The Hall–Kier alpha value is -1.88. The molecule has 116 valence electrons. The second-order valence-corrected chi connectivity index (χ2v) is 6.63. The maximum Gasteiger partial charge on any atom is 0.229 e. The lowest BCUT2D eigenvalue weighted by Crippen LogP contribution is -2.39. The molecule has 1 aliphatic heterocycles. The number of amides is 1. The van der Waals surface area contributed by atoms with Gasteiger partial charge in [-0.2, -0.15) is 0 Å². The Labute approximate surface area is 134 Å². The van der Waals surface area contributed by atoms with Crippen LogP contribution in [0.2, 0.25) is 0 Å². The molecule has 0 unspecified atom stereocenters. The van der Waals surface area contributed by atoms with Gasteiger partial charge in [0.1, 0.15) is 12.4 Å². The van der Waals surface area contributed by atoms with Crippen molar-refractivity contribution >= 4 is 17.2 Å². The lowest BCUT2D eigenvalue weighted by Gasteiger charge is -2.28. The number of aromatic nitrogens is 1. The van der Waals surface area contributed by atoms with Crippen molar-refractivity contribution in [2.24, 2.45) is 5.92 Å². The number of hydrogen-bond acceptors (Lipinski definition) is 4. The molecule has 1 amide bonds. The van der Waals surface area contributed by atoms with Crippen molar-refractivity contribution in [2.45, 2.75) is 19.8 Å².